The van der Waals surface area contributed by atoms with Gasteiger partial charge in [0, 0.05) is 19.5 Å². The number of primary amides is 2. The number of amides is 4. The van der Waals surface area contributed by atoms with Gasteiger partial charge in [0.1, 0.15) is 0 Å². The molecule has 0 fully saturated rings. The van der Waals surface area contributed by atoms with E-state index in [0.717, 1.165) is 0 Å². The number of aliphatic hydroxyl groups is 1. The molecule has 0 aromatic rings. The third-order valence-electron chi connectivity index (χ3n) is 2.78. The van der Waals surface area contributed by atoms with E-state index in [1.54, 1.807) is 0 Å². The summed E-state index contributed by atoms with van der Waals surface area (Å²) < 4.78 is 0. The highest BCUT2D eigenvalue weighted by atomic mass is 16.4. The minimum absolute atomic E-state index is 0.231. The second-order valence-corrected chi connectivity index (χ2v) is 4.24. The Morgan fingerprint density at radius 3 is 1.86 bits per heavy atom. The summed E-state index contributed by atoms with van der Waals surface area (Å²) in [6.07, 6.45) is -0.934. The maximum atomic E-state index is 11.2. The molecule has 0 aliphatic heterocycles. The molecular formula is C10H18N4O7. The number of urea groups is 2. The minimum atomic E-state index is -2.63. The fourth-order valence-electron chi connectivity index (χ4n) is 1.71. The lowest BCUT2D eigenvalue weighted by atomic mass is 9.82. The quantitative estimate of drug-likeness (QED) is 0.246. The molecule has 0 spiro atoms. The van der Waals surface area contributed by atoms with Gasteiger partial charge in [-0.3, -0.25) is 4.79 Å². The minimum Gasteiger partial charge on any atom is -0.481 e. The zero-order valence-corrected chi connectivity index (χ0v) is 11.0. The van der Waals surface area contributed by atoms with E-state index >= 15 is 0 Å². The average Bonchev–Trinajstić information content (AvgIpc) is 2.32. The Morgan fingerprint density at radius 1 is 1.00 bits per heavy atom. The van der Waals surface area contributed by atoms with Crippen LogP contribution in [-0.2, 0) is 9.59 Å². The van der Waals surface area contributed by atoms with Crippen LogP contribution in [0.15, 0.2) is 0 Å². The molecule has 0 aliphatic rings. The number of rotatable bonds is 9. The standard InChI is InChI=1S/C10H18N4O7/c11-8(19)13-3-1-5(6(15)16)10(21,7(17)18)2-4-14-9(12)20/h5,21H,1-4H2,(H,15,16)(H,17,18)(H3,11,13,19)(H3,12,14,20). The second-order valence-electron chi connectivity index (χ2n) is 4.24. The number of carboxylic acids is 2. The van der Waals surface area contributed by atoms with Crippen molar-refractivity contribution in [2.24, 2.45) is 17.4 Å². The Labute approximate surface area is 119 Å². The lowest BCUT2D eigenvalue weighted by Crippen LogP contribution is -2.52. The largest absolute Gasteiger partial charge is 0.481 e. The van der Waals surface area contributed by atoms with E-state index in [1.165, 1.54) is 0 Å². The van der Waals surface area contributed by atoms with Gasteiger partial charge in [-0.2, -0.15) is 0 Å². The Balaban J connectivity index is 4.95. The van der Waals surface area contributed by atoms with E-state index in [9.17, 15) is 24.3 Å². The molecule has 21 heavy (non-hydrogen) atoms. The van der Waals surface area contributed by atoms with E-state index in [1.807, 2.05) is 0 Å². The zero-order valence-electron chi connectivity index (χ0n) is 11.0. The van der Waals surface area contributed by atoms with Crippen LogP contribution in [0.2, 0.25) is 0 Å². The molecule has 120 valence electrons. The van der Waals surface area contributed by atoms with Gasteiger partial charge in [0.15, 0.2) is 5.60 Å². The fraction of sp³-hybridized carbons (Fsp3) is 0.600. The second kappa shape index (κ2) is 7.89. The van der Waals surface area contributed by atoms with E-state index in [-0.39, 0.29) is 19.5 Å². The van der Waals surface area contributed by atoms with Crippen molar-refractivity contribution in [1.82, 2.24) is 10.6 Å². The fourth-order valence-corrected chi connectivity index (χ4v) is 1.71. The molecule has 4 amide bonds. The summed E-state index contributed by atoms with van der Waals surface area (Å²) in [6.45, 7) is -0.559. The van der Waals surface area contributed by atoms with Crippen molar-refractivity contribution in [2.75, 3.05) is 13.1 Å². The van der Waals surface area contributed by atoms with Gasteiger partial charge in [-0.1, -0.05) is 0 Å². The molecule has 11 nitrogen and oxygen atoms in total. The number of hydrogen-bond acceptors (Lipinski definition) is 5. The van der Waals surface area contributed by atoms with Gasteiger partial charge >= 0.3 is 24.0 Å². The highest BCUT2D eigenvalue weighted by Crippen LogP contribution is 2.25. The molecule has 0 heterocycles. The Morgan fingerprint density at radius 2 is 1.48 bits per heavy atom. The van der Waals surface area contributed by atoms with Crippen molar-refractivity contribution < 1.29 is 34.5 Å². The number of carbonyl (C=O) groups is 4. The first-order valence-electron chi connectivity index (χ1n) is 5.86. The number of carboxylic acid groups (broad SMARTS) is 2. The van der Waals surface area contributed by atoms with E-state index in [4.69, 9.17) is 21.7 Å². The lowest BCUT2D eigenvalue weighted by molar-refractivity contribution is -0.175. The summed E-state index contributed by atoms with van der Waals surface area (Å²) in [7, 11) is 0. The summed E-state index contributed by atoms with van der Waals surface area (Å²) in [5, 5.41) is 32.3. The number of nitrogens with one attached hydrogen (secondary N) is 2. The van der Waals surface area contributed by atoms with Crippen LogP contribution in [0.3, 0.4) is 0 Å². The number of carbonyl (C=O) groups excluding carboxylic acids is 2. The van der Waals surface area contributed by atoms with Gasteiger partial charge in [-0.15, -0.1) is 0 Å². The number of hydrogen-bond donors (Lipinski definition) is 7. The Hall–Kier alpha value is -2.56. The summed E-state index contributed by atoms with van der Waals surface area (Å²) in [6, 6.07) is -1.85. The first kappa shape index (κ1) is 18.4. The normalized spacial score (nSPS) is 14.5. The molecule has 2 unspecified atom stereocenters. The molecule has 0 rings (SSSR count). The van der Waals surface area contributed by atoms with Crippen LogP contribution in [0, 0.1) is 5.92 Å². The first-order valence-corrected chi connectivity index (χ1v) is 5.86. The van der Waals surface area contributed by atoms with Crippen LogP contribution in [-0.4, -0.2) is 58.0 Å². The molecule has 0 aromatic carbocycles. The van der Waals surface area contributed by atoms with Gasteiger partial charge in [0.25, 0.3) is 0 Å². The number of nitrogens with two attached hydrogens (primary N) is 2. The molecule has 0 bridgehead atoms. The molecule has 2 atom stereocenters. The van der Waals surface area contributed by atoms with Gasteiger partial charge in [-0.05, 0) is 6.42 Å². The average molecular weight is 306 g/mol. The predicted octanol–water partition coefficient (Wildman–Crippen LogP) is -2.38. The van der Waals surface area contributed by atoms with Crippen molar-refractivity contribution in [1.29, 1.82) is 0 Å². The van der Waals surface area contributed by atoms with Crippen LogP contribution >= 0.6 is 0 Å². The Kier molecular flexibility index (Phi) is 6.93. The maximum absolute atomic E-state index is 11.2. The van der Waals surface area contributed by atoms with Crippen molar-refractivity contribution in [2.45, 2.75) is 18.4 Å². The monoisotopic (exact) mass is 306 g/mol. The van der Waals surface area contributed by atoms with E-state index in [2.05, 4.69) is 10.6 Å². The third kappa shape index (κ3) is 5.95. The molecule has 9 N–H and O–H groups in total. The molecular weight excluding hydrogens is 288 g/mol. The van der Waals surface area contributed by atoms with Crippen LogP contribution in [0.4, 0.5) is 9.59 Å². The SMILES string of the molecule is NC(=O)NCCC(C(=O)O)C(O)(CCNC(N)=O)C(=O)O. The first-order chi connectivity index (χ1) is 9.61. The molecule has 0 aromatic heterocycles. The van der Waals surface area contributed by atoms with Crippen molar-refractivity contribution in [3.05, 3.63) is 0 Å². The van der Waals surface area contributed by atoms with Gasteiger partial charge in [0.2, 0.25) is 0 Å². The van der Waals surface area contributed by atoms with Crippen molar-refractivity contribution in [3.8, 4) is 0 Å². The maximum Gasteiger partial charge on any atom is 0.336 e. The van der Waals surface area contributed by atoms with Crippen LogP contribution in [0.1, 0.15) is 12.8 Å². The zero-order chi connectivity index (χ0) is 16.6. The molecule has 11 heteroatoms. The van der Waals surface area contributed by atoms with E-state index < -0.39 is 41.9 Å². The lowest BCUT2D eigenvalue weighted by Gasteiger charge is -2.29. The predicted molar refractivity (Wildman–Crippen MR) is 68.1 cm³/mol. The van der Waals surface area contributed by atoms with Gasteiger partial charge in [0.05, 0.1) is 5.92 Å². The molecule has 0 radical (unpaired) electrons. The van der Waals surface area contributed by atoms with Crippen LogP contribution < -0.4 is 22.1 Å². The van der Waals surface area contributed by atoms with Crippen LogP contribution in [0.25, 0.3) is 0 Å². The van der Waals surface area contributed by atoms with Gasteiger partial charge in [-0.25, -0.2) is 14.4 Å². The summed E-state index contributed by atoms with van der Waals surface area (Å²) in [5.41, 5.74) is 6.96. The molecule has 0 aliphatic carbocycles. The van der Waals surface area contributed by atoms with E-state index in [0.29, 0.717) is 0 Å². The highest BCUT2D eigenvalue weighted by Gasteiger charge is 2.47. The third-order valence-corrected chi connectivity index (χ3v) is 2.78. The summed E-state index contributed by atoms with van der Waals surface area (Å²) in [4.78, 5) is 43.3. The Bertz CT molecular complexity index is 428. The van der Waals surface area contributed by atoms with Crippen molar-refractivity contribution >= 4 is 24.0 Å². The van der Waals surface area contributed by atoms with Crippen molar-refractivity contribution in [3.63, 3.8) is 0 Å². The topological polar surface area (TPSA) is 205 Å². The van der Waals surface area contributed by atoms with Gasteiger partial charge < -0.3 is 37.4 Å². The smallest absolute Gasteiger partial charge is 0.336 e. The summed E-state index contributed by atoms with van der Waals surface area (Å²) >= 11 is 0. The molecule has 0 saturated carbocycles. The molecule has 0 saturated heterocycles. The van der Waals surface area contributed by atoms with Crippen LogP contribution in [0.5, 0.6) is 0 Å². The number of aliphatic carboxylic acids is 2. The summed E-state index contributed by atoms with van der Waals surface area (Å²) in [5.74, 6) is -5.04. The highest BCUT2D eigenvalue weighted by molar-refractivity contribution is 5.85.